The lowest BCUT2D eigenvalue weighted by Crippen LogP contribution is -2.23. The standard InChI is InChI=1S/C8H14N4/c1-3-12(4-2)7-5-6-10-8(9)11-7/h5-6H,3-4H2,1-2H3,(H2,9,10,11). The average Bonchev–Trinajstić information content (AvgIpc) is 2.07. The maximum atomic E-state index is 5.46. The molecular formula is C8H14N4. The van der Waals surface area contributed by atoms with Crippen LogP contribution < -0.4 is 10.6 Å². The highest BCUT2D eigenvalue weighted by Gasteiger charge is 2.02. The summed E-state index contributed by atoms with van der Waals surface area (Å²) >= 11 is 0. The van der Waals surface area contributed by atoms with Crippen LogP contribution in [-0.4, -0.2) is 23.1 Å². The highest BCUT2D eigenvalue weighted by molar-refractivity contribution is 5.40. The molecule has 0 aliphatic heterocycles. The largest absolute Gasteiger partial charge is 0.368 e. The number of nitrogens with zero attached hydrogens (tertiary/aromatic N) is 3. The zero-order valence-corrected chi connectivity index (χ0v) is 7.49. The quantitative estimate of drug-likeness (QED) is 0.725. The van der Waals surface area contributed by atoms with E-state index in [1.165, 1.54) is 0 Å². The minimum absolute atomic E-state index is 0.333. The minimum atomic E-state index is 0.333. The predicted molar refractivity (Wildman–Crippen MR) is 50.0 cm³/mol. The molecule has 1 aromatic rings. The van der Waals surface area contributed by atoms with Gasteiger partial charge < -0.3 is 10.6 Å². The fraction of sp³-hybridized carbons (Fsp3) is 0.500. The fourth-order valence-corrected chi connectivity index (χ4v) is 1.09. The molecule has 66 valence electrons. The lowest BCUT2D eigenvalue weighted by Gasteiger charge is -2.19. The van der Waals surface area contributed by atoms with Crippen LogP contribution in [0.4, 0.5) is 11.8 Å². The Labute approximate surface area is 72.4 Å². The number of rotatable bonds is 3. The van der Waals surface area contributed by atoms with Gasteiger partial charge in [0.25, 0.3) is 0 Å². The lowest BCUT2D eigenvalue weighted by atomic mass is 10.4. The molecule has 4 heteroatoms. The molecule has 0 bridgehead atoms. The molecule has 1 rings (SSSR count). The van der Waals surface area contributed by atoms with Gasteiger partial charge in [-0.05, 0) is 19.9 Å². The lowest BCUT2D eigenvalue weighted by molar-refractivity contribution is 0.843. The van der Waals surface area contributed by atoms with Crippen LogP contribution in [0.25, 0.3) is 0 Å². The summed E-state index contributed by atoms with van der Waals surface area (Å²) in [4.78, 5) is 10.1. The van der Waals surface area contributed by atoms with E-state index in [2.05, 4.69) is 28.7 Å². The number of hydrogen-bond donors (Lipinski definition) is 1. The first-order valence-electron chi connectivity index (χ1n) is 4.11. The van der Waals surface area contributed by atoms with Gasteiger partial charge in [-0.2, -0.15) is 4.98 Å². The van der Waals surface area contributed by atoms with Gasteiger partial charge in [0, 0.05) is 19.3 Å². The average molecular weight is 166 g/mol. The first kappa shape index (κ1) is 8.77. The van der Waals surface area contributed by atoms with Gasteiger partial charge in [-0.15, -0.1) is 0 Å². The zero-order valence-electron chi connectivity index (χ0n) is 7.49. The highest BCUT2D eigenvalue weighted by atomic mass is 15.2. The third-order valence-electron chi connectivity index (χ3n) is 1.75. The maximum Gasteiger partial charge on any atom is 0.221 e. The molecule has 1 aromatic heterocycles. The van der Waals surface area contributed by atoms with E-state index in [1.54, 1.807) is 6.20 Å². The number of aromatic nitrogens is 2. The zero-order chi connectivity index (χ0) is 8.97. The van der Waals surface area contributed by atoms with Crippen molar-refractivity contribution >= 4 is 11.8 Å². The van der Waals surface area contributed by atoms with Crippen LogP contribution in [0.1, 0.15) is 13.8 Å². The summed E-state index contributed by atoms with van der Waals surface area (Å²) in [6, 6.07) is 1.86. The Kier molecular flexibility index (Phi) is 2.85. The second kappa shape index (κ2) is 3.90. The van der Waals surface area contributed by atoms with Gasteiger partial charge in [0.15, 0.2) is 0 Å². The van der Waals surface area contributed by atoms with E-state index < -0.39 is 0 Å². The van der Waals surface area contributed by atoms with E-state index in [4.69, 9.17) is 5.73 Å². The summed E-state index contributed by atoms with van der Waals surface area (Å²) in [6.07, 6.45) is 1.68. The molecule has 4 nitrogen and oxygen atoms in total. The van der Waals surface area contributed by atoms with Gasteiger partial charge in [-0.3, -0.25) is 0 Å². The smallest absolute Gasteiger partial charge is 0.221 e. The van der Waals surface area contributed by atoms with E-state index in [0.717, 1.165) is 18.9 Å². The number of nitrogen functional groups attached to an aromatic ring is 1. The van der Waals surface area contributed by atoms with Crippen LogP contribution in [0.2, 0.25) is 0 Å². The summed E-state index contributed by atoms with van der Waals surface area (Å²) in [5.41, 5.74) is 5.46. The van der Waals surface area contributed by atoms with Crippen LogP contribution >= 0.6 is 0 Å². The first-order valence-corrected chi connectivity index (χ1v) is 4.11. The van der Waals surface area contributed by atoms with Gasteiger partial charge in [0.2, 0.25) is 5.95 Å². The number of anilines is 2. The van der Waals surface area contributed by atoms with Crippen molar-refractivity contribution in [3.8, 4) is 0 Å². The van der Waals surface area contributed by atoms with Gasteiger partial charge in [-0.25, -0.2) is 4.98 Å². The number of nitrogens with two attached hydrogens (primary N) is 1. The van der Waals surface area contributed by atoms with Crippen molar-refractivity contribution in [2.75, 3.05) is 23.7 Å². The molecule has 0 saturated carbocycles. The molecule has 0 atom stereocenters. The molecular weight excluding hydrogens is 152 g/mol. The first-order chi connectivity index (χ1) is 5.77. The summed E-state index contributed by atoms with van der Waals surface area (Å²) in [5.74, 6) is 1.23. The van der Waals surface area contributed by atoms with Crippen LogP contribution in [0.15, 0.2) is 12.3 Å². The monoisotopic (exact) mass is 166 g/mol. The van der Waals surface area contributed by atoms with Crippen molar-refractivity contribution in [3.05, 3.63) is 12.3 Å². The molecule has 0 radical (unpaired) electrons. The summed E-state index contributed by atoms with van der Waals surface area (Å²) < 4.78 is 0. The second-order valence-corrected chi connectivity index (χ2v) is 2.45. The molecule has 0 aliphatic rings. The van der Waals surface area contributed by atoms with E-state index in [0.29, 0.717) is 5.95 Å². The Morgan fingerprint density at radius 2 is 2.08 bits per heavy atom. The molecule has 0 aliphatic carbocycles. The molecule has 12 heavy (non-hydrogen) atoms. The fourth-order valence-electron chi connectivity index (χ4n) is 1.09. The Balaban J connectivity index is 2.85. The van der Waals surface area contributed by atoms with Gasteiger partial charge in [0.05, 0.1) is 0 Å². The van der Waals surface area contributed by atoms with Crippen molar-refractivity contribution in [3.63, 3.8) is 0 Å². The van der Waals surface area contributed by atoms with E-state index in [1.807, 2.05) is 6.07 Å². The molecule has 0 unspecified atom stereocenters. The van der Waals surface area contributed by atoms with Crippen LogP contribution in [0.3, 0.4) is 0 Å². The van der Waals surface area contributed by atoms with Gasteiger partial charge in [-0.1, -0.05) is 0 Å². The van der Waals surface area contributed by atoms with E-state index >= 15 is 0 Å². The van der Waals surface area contributed by atoms with Crippen molar-refractivity contribution in [1.29, 1.82) is 0 Å². The van der Waals surface area contributed by atoms with Crippen molar-refractivity contribution in [2.45, 2.75) is 13.8 Å². The van der Waals surface area contributed by atoms with E-state index in [-0.39, 0.29) is 0 Å². The van der Waals surface area contributed by atoms with Gasteiger partial charge >= 0.3 is 0 Å². The Morgan fingerprint density at radius 1 is 1.42 bits per heavy atom. The minimum Gasteiger partial charge on any atom is -0.368 e. The second-order valence-electron chi connectivity index (χ2n) is 2.45. The summed E-state index contributed by atoms with van der Waals surface area (Å²) in [7, 11) is 0. The normalized spacial score (nSPS) is 9.83. The van der Waals surface area contributed by atoms with Crippen molar-refractivity contribution in [2.24, 2.45) is 0 Å². The third kappa shape index (κ3) is 1.84. The van der Waals surface area contributed by atoms with Crippen molar-refractivity contribution in [1.82, 2.24) is 9.97 Å². The third-order valence-corrected chi connectivity index (χ3v) is 1.75. The topological polar surface area (TPSA) is 55.0 Å². The highest BCUT2D eigenvalue weighted by Crippen LogP contribution is 2.09. The van der Waals surface area contributed by atoms with Gasteiger partial charge in [0.1, 0.15) is 5.82 Å². The summed E-state index contributed by atoms with van der Waals surface area (Å²) in [5, 5.41) is 0. The van der Waals surface area contributed by atoms with Crippen LogP contribution in [0.5, 0.6) is 0 Å². The molecule has 0 fully saturated rings. The maximum absolute atomic E-state index is 5.46. The van der Waals surface area contributed by atoms with Crippen LogP contribution in [-0.2, 0) is 0 Å². The number of hydrogen-bond acceptors (Lipinski definition) is 4. The molecule has 2 N–H and O–H groups in total. The molecule has 1 heterocycles. The van der Waals surface area contributed by atoms with Crippen LogP contribution in [0, 0.1) is 0 Å². The molecule has 0 amide bonds. The predicted octanol–water partition coefficient (Wildman–Crippen LogP) is 0.905. The Morgan fingerprint density at radius 3 is 2.58 bits per heavy atom. The molecule has 0 spiro atoms. The van der Waals surface area contributed by atoms with Crippen molar-refractivity contribution < 1.29 is 0 Å². The molecule has 0 aromatic carbocycles. The SMILES string of the molecule is CCN(CC)c1ccnc(N)n1. The molecule has 0 saturated heterocycles. The summed E-state index contributed by atoms with van der Waals surface area (Å²) in [6.45, 7) is 6.05. The Bertz CT molecular complexity index is 245. The Hall–Kier alpha value is -1.32. The van der Waals surface area contributed by atoms with E-state index in [9.17, 15) is 0 Å².